The van der Waals surface area contributed by atoms with Crippen LogP contribution in [0.15, 0.2) is 24.4 Å². The Bertz CT molecular complexity index is 529. The minimum atomic E-state index is -0.912. The highest BCUT2D eigenvalue weighted by atomic mass is 16.4. The molecule has 4 N–H and O–H groups in total. The van der Waals surface area contributed by atoms with Crippen LogP contribution >= 0.6 is 0 Å². The Morgan fingerprint density at radius 1 is 1.56 bits per heavy atom. The second kappa shape index (κ2) is 3.98. The van der Waals surface area contributed by atoms with Gasteiger partial charge in [0.2, 0.25) is 0 Å². The normalized spacial score (nSPS) is 12.9. The van der Waals surface area contributed by atoms with E-state index in [4.69, 9.17) is 10.8 Å². The van der Waals surface area contributed by atoms with Gasteiger partial charge in [0.1, 0.15) is 0 Å². The molecule has 2 rings (SSSR count). The van der Waals surface area contributed by atoms with Gasteiger partial charge in [0.25, 0.3) is 0 Å². The van der Waals surface area contributed by atoms with Crippen molar-refractivity contribution in [3.05, 3.63) is 35.5 Å². The van der Waals surface area contributed by atoms with E-state index >= 15 is 0 Å². The van der Waals surface area contributed by atoms with Crippen LogP contribution in [0.5, 0.6) is 0 Å². The molecule has 1 aromatic heterocycles. The summed E-state index contributed by atoms with van der Waals surface area (Å²) in [6, 6.07) is 5.18. The molecule has 84 valence electrons. The molecule has 0 radical (unpaired) electrons. The molecule has 0 aliphatic heterocycles. The molecule has 0 aliphatic carbocycles. The minimum absolute atomic E-state index is 0.0955. The molecule has 0 spiro atoms. The highest BCUT2D eigenvalue weighted by molar-refractivity contribution is 5.94. The van der Waals surface area contributed by atoms with Gasteiger partial charge in [0.15, 0.2) is 0 Å². The lowest BCUT2D eigenvalue weighted by atomic mass is 10.1. The fourth-order valence-electron chi connectivity index (χ4n) is 1.84. The zero-order valence-electron chi connectivity index (χ0n) is 9.03. The molecule has 0 bridgehead atoms. The second-order valence-corrected chi connectivity index (χ2v) is 4.06. The van der Waals surface area contributed by atoms with Gasteiger partial charge in [0, 0.05) is 23.1 Å². The largest absolute Gasteiger partial charge is 0.478 e. The summed E-state index contributed by atoms with van der Waals surface area (Å²) < 4.78 is 0. The SMILES string of the molecule is CC(N)Cc1c[nH]c2cc(C(=O)O)ccc12. The number of carbonyl (C=O) groups is 1. The fraction of sp³-hybridized carbons (Fsp3) is 0.250. The van der Waals surface area contributed by atoms with Crippen LogP contribution in [-0.4, -0.2) is 22.1 Å². The Morgan fingerprint density at radius 2 is 2.31 bits per heavy atom. The Labute approximate surface area is 93.1 Å². The van der Waals surface area contributed by atoms with E-state index in [0.717, 1.165) is 22.9 Å². The van der Waals surface area contributed by atoms with E-state index in [-0.39, 0.29) is 6.04 Å². The van der Waals surface area contributed by atoms with Crippen molar-refractivity contribution in [3.8, 4) is 0 Å². The Morgan fingerprint density at radius 3 is 2.94 bits per heavy atom. The van der Waals surface area contributed by atoms with Crippen LogP contribution in [0.25, 0.3) is 10.9 Å². The molecule has 0 aliphatic rings. The molecule has 2 aromatic rings. The second-order valence-electron chi connectivity index (χ2n) is 4.06. The summed E-state index contributed by atoms with van der Waals surface area (Å²) in [5, 5.41) is 9.91. The summed E-state index contributed by atoms with van der Waals surface area (Å²) >= 11 is 0. The van der Waals surface area contributed by atoms with E-state index in [1.807, 2.05) is 19.2 Å². The number of benzene rings is 1. The van der Waals surface area contributed by atoms with Gasteiger partial charge in [0.05, 0.1) is 5.56 Å². The van der Waals surface area contributed by atoms with Crippen molar-refractivity contribution in [2.24, 2.45) is 5.73 Å². The number of rotatable bonds is 3. The van der Waals surface area contributed by atoms with E-state index < -0.39 is 5.97 Å². The van der Waals surface area contributed by atoms with Crippen molar-refractivity contribution in [1.29, 1.82) is 0 Å². The van der Waals surface area contributed by atoms with Gasteiger partial charge in [-0.15, -0.1) is 0 Å². The molecular formula is C12H14N2O2. The topological polar surface area (TPSA) is 79.1 Å². The predicted molar refractivity (Wildman–Crippen MR) is 62.6 cm³/mol. The van der Waals surface area contributed by atoms with Gasteiger partial charge in [-0.1, -0.05) is 6.07 Å². The number of aromatic carboxylic acids is 1. The summed E-state index contributed by atoms with van der Waals surface area (Å²) in [7, 11) is 0. The summed E-state index contributed by atoms with van der Waals surface area (Å²) in [5.41, 5.74) is 8.01. The van der Waals surface area contributed by atoms with Crippen LogP contribution in [0.1, 0.15) is 22.8 Å². The van der Waals surface area contributed by atoms with E-state index in [1.165, 1.54) is 0 Å². The zero-order valence-corrected chi connectivity index (χ0v) is 9.03. The first kappa shape index (κ1) is 10.7. The molecular weight excluding hydrogens is 204 g/mol. The molecule has 1 atom stereocenters. The maximum atomic E-state index is 10.8. The number of carboxylic acids is 1. The molecule has 4 nitrogen and oxygen atoms in total. The number of aromatic nitrogens is 1. The average Bonchev–Trinajstić information content (AvgIpc) is 2.60. The first-order chi connectivity index (χ1) is 7.58. The van der Waals surface area contributed by atoms with Crippen molar-refractivity contribution in [2.45, 2.75) is 19.4 Å². The predicted octanol–water partition coefficient (Wildman–Crippen LogP) is 1.76. The third-order valence-electron chi connectivity index (χ3n) is 2.56. The average molecular weight is 218 g/mol. The molecule has 0 saturated carbocycles. The number of carboxylic acid groups (broad SMARTS) is 1. The van der Waals surface area contributed by atoms with E-state index in [2.05, 4.69) is 4.98 Å². The van der Waals surface area contributed by atoms with Crippen molar-refractivity contribution in [2.75, 3.05) is 0 Å². The molecule has 1 unspecified atom stereocenters. The van der Waals surface area contributed by atoms with E-state index in [9.17, 15) is 4.79 Å². The van der Waals surface area contributed by atoms with Gasteiger partial charge in [-0.3, -0.25) is 0 Å². The molecule has 1 aromatic carbocycles. The third kappa shape index (κ3) is 1.92. The standard InChI is InChI=1S/C12H14N2O2/c1-7(13)4-9-6-14-11-5-8(12(15)16)2-3-10(9)11/h2-3,5-7,14H,4,13H2,1H3,(H,15,16). The smallest absolute Gasteiger partial charge is 0.335 e. The Hall–Kier alpha value is -1.81. The number of aromatic amines is 1. The summed E-state index contributed by atoms with van der Waals surface area (Å²) in [4.78, 5) is 13.9. The quantitative estimate of drug-likeness (QED) is 0.734. The molecule has 4 heteroatoms. The first-order valence-corrected chi connectivity index (χ1v) is 5.17. The highest BCUT2D eigenvalue weighted by Crippen LogP contribution is 2.20. The summed E-state index contributed by atoms with van der Waals surface area (Å²) in [6.07, 6.45) is 2.67. The van der Waals surface area contributed by atoms with E-state index in [1.54, 1.807) is 12.1 Å². The van der Waals surface area contributed by atoms with Crippen molar-refractivity contribution < 1.29 is 9.90 Å². The number of nitrogens with one attached hydrogen (secondary N) is 1. The molecule has 0 amide bonds. The van der Waals surface area contributed by atoms with Crippen molar-refractivity contribution in [1.82, 2.24) is 4.98 Å². The number of hydrogen-bond donors (Lipinski definition) is 3. The van der Waals surface area contributed by atoms with E-state index in [0.29, 0.717) is 5.56 Å². The minimum Gasteiger partial charge on any atom is -0.478 e. The van der Waals surface area contributed by atoms with Gasteiger partial charge in [-0.2, -0.15) is 0 Å². The lowest BCUT2D eigenvalue weighted by Gasteiger charge is -2.03. The van der Waals surface area contributed by atoms with Crippen molar-refractivity contribution >= 4 is 16.9 Å². The summed E-state index contributed by atoms with van der Waals surface area (Å²) in [6.45, 7) is 1.95. The Kier molecular flexibility index (Phi) is 2.66. The number of H-pyrrole nitrogens is 1. The fourth-order valence-corrected chi connectivity index (χ4v) is 1.84. The molecule has 1 heterocycles. The van der Waals surface area contributed by atoms with Gasteiger partial charge >= 0.3 is 5.97 Å². The molecule has 16 heavy (non-hydrogen) atoms. The van der Waals surface area contributed by atoms with Crippen LogP contribution < -0.4 is 5.73 Å². The Balaban J connectivity index is 2.46. The van der Waals surface area contributed by atoms with Crippen LogP contribution in [0, 0.1) is 0 Å². The number of nitrogens with two attached hydrogens (primary N) is 1. The zero-order chi connectivity index (χ0) is 11.7. The monoisotopic (exact) mass is 218 g/mol. The molecule has 0 saturated heterocycles. The lowest BCUT2D eigenvalue weighted by Crippen LogP contribution is -2.17. The highest BCUT2D eigenvalue weighted by Gasteiger charge is 2.08. The van der Waals surface area contributed by atoms with Crippen LogP contribution in [0.4, 0.5) is 0 Å². The van der Waals surface area contributed by atoms with Crippen LogP contribution in [0.3, 0.4) is 0 Å². The van der Waals surface area contributed by atoms with Gasteiger partial charge in [-0.05, 0) is 31.0 Å². The maximum Gasteiger partial charge on any atom is 0.335 e. The third-order valence-corrected chi connectivity index (χ3v) is 2.56. The van der Waals surface area contributed by atoms with Crippen LogP contribution in [-0.2, 0) is 6.42 Å². The maximum absolute atomic E-state index is 10.8. The van der Waals surface area contributed by atoms with Crippen LogP contribution in [0.2, 0.25) is 0 Å². The van der Waals surface area contributed by atoms with Gasteiger partial charge < -0.3 is 15.8 Å². The number of fused-ring (bicyclic) bond motifs is 1. The van der Waals surface area contributed by atoms with Gasteiger partial charge in [-0.25, -0.2) is 4.79 Å². The lowest BCUT2D eigenvalue weighted by molar-refractivity contribution is 0.0697. The van der Waals surface area contributed by atoms with Crippen molar-refractivity contribution in [3.63, 3.8) is 0 Å². The molecule has 0 fully saturated rings. The first-order valence-electron chi connectivity index (χ1n) is 5.17. The summed E-state index contributed by atoms with van der Waals surface area (Å²) in [5.74, 6) is -0.912. The number of hydrogen-bond acceptors (Lipinski definition) is 2.